The van der Waals surface area contributed by atoms with Crippen LogP contribution in [0.25, 0.3) is 0 Å². The quantitative estimate of drug-likeness (QED) is 0.863. The smallest absolute Gasteiger partial charge is 0.287 e. The highest BCUT2D eigenvalue weighted by atomic mass is 16.5. The number of carbonyl (C=O) groups is 2. The van der Waals surface area contributed by atoms with Gasteiger partial charge in [0.05, 0.1) is 13.2 Å². The normalized spacial score (nSPS) is 16.8. The molecule has 2 heterocycles. The molecule has 2 aromatic rings. The van der Waals surface area contributed by atoms with Crippen molar-refractivity contribution in [3.63, 3.8) is 0 Å². The molecule has 1 N–H and O–H groups in total. The Morgan fingerprint density at radius 3 is 2.65 bits per heavy atom. The Labute approximate surface area is 153 Å². The second-order valence-electron chi connectivity index (χ2n) is 6.68. The van der Waals surface area contributed by atoms with E-state index in [0.717, 1.165) is 23.3 Å². The SMILES string of the molecule is COc1ccc(CCN2C[C@@H](NC(=O)c3oc(C)cc3C)CC2=O)cc1. The van der Waals surface area contributed by atoms with Gasteiger partial charge in [-0.25, -0.2) is 0 Å². The zero-order valence-electron chi connectivity index (χ0n) is 15.4. The van der Waals surface area contributed by atoms with Gasteiger partial charge in [-0.15, -0.1) is 0 Å². The van der Waals surface area contributed by atoms with E-state index in [4.69, 9.17) is 9.15 Å². The van der Waals surface area contributed by atoms with Crippen molar-refractivity contribution < 1.29 is 18.7 Å². The second kappa shape index (κ2) is 7.64. The van der Waals surface area contributed by atoms with Crippen LogP contribution in [0.1, 0.15) is 33.9 Å². The lowest BCUT2D eigenvalue weighted by Gasteiger charge is -2.17. The summed E-state index contributed by atoms with van der Waals surface area (Å²) in [6.45, 7) is 4.81. The standard InChI is InChI=1S/C20H24N2O4/c1-13-10-14(2)26-19(13)20(24)21-16-11-18(23)22(12-16)9-8-15-4-6-17(25-3)7-5-15/h4-7,10,16H,8-9,11-12H2,1-3H3,(H,21,24)/t16-/m0/s1. The van der Waals surface area contributed by atoms with Crippen molar-refractivity contribution in [3.8, 4) is 5.75 Å². The number of amides is 2. The van der Waals surface area contributed by atoms with E-state index in [0.29, 0.717) is 31.0 Å². The van der Waals surface area contributed by atoms with E-state index < -0.39 is 0 Å². The number of nitrogens with one attached hydrogen (secondary N) is 1. The van der Waals surface area contributed by atoms with Crippen LogP contribution in [-0.2, 0) is 11.2 Å². The van der Waals surface area contributed by atoms with Crippen LogP contribution >= 0.6 is 0 Å². The van der Waals surface area contributed by atoms with Crippen LogP contribution in [0.4, 0.5) is 0 Å². The minimum absolute atomic E-state index is 0.0659. The molecule has 1 aromatic heterocycles. The van der Waals surface area contributed by atoms with Gasteiger partial charge in [-0.1, -0.05) is 12.1 Å². The minimum atomic E-state index is -0.259. The summed E-state index contributed by atoms with van der Waals surface area (Å²) in [6, 6.07) is 9.48. The first-order chi connectivity index (χ1) is 12.5. The average Bonchev–Trinajstić information content (AvgIpc) is 3.14. The molecule has 2 amide bonds. The summed E-state index contributed by atoms with van der Waals surface area (Å²) in [7, 11) is 1.64. The molecule has 6 heteroatoms. The maximum absolute atomic E-state index is 12.3. The largest absolute Gasteiger partial charge is 0.497 e. The van der Waals surface area contributed by atoms with Crippen molar-refractivity contribution in [2.75, 3.05) is 20.2 Å². The van der Waals surface area contributed by atoms with Crippen LogP contribution in [0.2, 0.25) is 0 Å². The summed E-state index contributed by atoms with van der Waals surface area (Å²) in [6.07, 6.45) is 1.10. The van der Waals surface area contributed by atoms with E-state index in [1.807, 2.05) is 44.2 Å². The first-order valence-corrected chi connectivity index (χ1v) is 8.75. The molecule has 0 saturated carbocycles. The van der Waals surface area contributed by atoms with E-state index in [1.54, 1.807) is 12.0 Å². The summed E-state index contributed by atoms with van der Waals surface area (Å²) in [5.74, 6) is 1.65. The van der Waals surface area contributed by atoms with Gasteiger partial charge in [-0.2, -0.15) is 0 Å². The lowest BCUT2D eigenvalue weighted by atomic mass is 10.1. The van der Waals surface area contributed by atoms with Gasteiger partial charge in [0.25, 0.3) is 5.91 Å². The van der Waals surface area contributed by atoms with Gasteiger partial charge in [0.15, 0.2) is 5.76 Å². The Hall–Kier alpha value is -2.76. The number of ether oxygens (including phenoxy) is 1. The minimum Gasteiger partial charge on any atom is -0.497 e. The molecular weight excluding hydrogens is 332 g/mol. The monoisotopic (exact) mass is 356 g/mol. The van der Waals surface area contributed by atoms with Crippen LogP contribution in [-0.4, -0.2) is 43.0 Å². The van der Waals surface area contributed by atoms with Gasteiger partial charge < -0.3 is 19.4 Å². The highest BCUT2D eigenvalue weighted by Crippen LogP contribution is 2.17. The number of rotatable bonds is 6. The Morgan fingerprint density at radius 1 is 1.31 bits per heavy atom. The molecule has 0 aliphatic carbocycles. The van der Waals surface area contributed by atoms with E-state index in [1.165, 1.54) is 0 Å². The molecule has 1 aliphatic rings. The topological polar surface area (TPSA) is 71.8 Å². The fraction of sp³-hybridized carbons (Fsp3) is 0.400. The number of hydrogen-bond donors (Lipinski definition) is 1. The summed E-state index contributed by atoms with van der Waals surface area (Å²) in [5, 5.41) is 2.91. The third-order valence-electron chi connectivity index (χ3n) is 4.63. The maximum atomic E-state index is 12.3. The van der Waals surface area contributed by atoms with Gasteiger partial charge in [0.1, 0.15) is 11.5 Å². The van der Waals surface area contributed by atoms with Gasteiger partial charge in [0, 0.05) is 25.1 Å². The van der Waals surface area contributed by atoms with Crippen LogP contribution in [0.3, 0.4) is 0 Å². The predicted octanol–water partition coefficient (Wildman–Crippen LogP) is 2.48. The highest BCUT2D eigenvalue weighted by Gasteiger charge is 2.31. The molecule has 0 radical (unpaired) electrons. The molecule has 1 fully saturated rings. The van der Waals surface area contributed by atoms with E-state index in [9.17, 15) is 9.59 Å². The van der Waals surface area contributed by atoms with Gasteiger partial charge in [0.2, 0.25) is 5.91 Å². The van der Waals surface area contributed by atoms with E-state index >= 15 is 0 Å². The number of nitrogens with zero attached hydrogens (tertiary/aromatic N) is 1. The lowest BCUT2D eigenvalue weighted by molar-refractivity contribution is -0.127. The second-order valence-corrected chi connectivity index (χ2v) is 6.68. The summed E-state index contributed by atoms with van der Waals surface area (Å²) < 4.78 is 10.6. The summed E-state index contributed by atoms with van der Waals surface area (Å²) >= 11 is 0. The van der Waals surface area contributed by atoms with Gasteiger partial charge in [-0.3, -0.25) is 9.59 Å². The molecule has 0 spiro atoms. The van der Waals surface area contributed by atoms with E-state index in [2.05, 4.69) is 5.32 Å². The number of hydrogen-bond acceptors (Lipinski definition) is 4. The first kappa shape index (κ1) is 18.0. The fourth-order valence-electron chi connectivity index (χ4n) is 3.26. The van der Waals surface area contributed by atoms with Crippen LogP contribution in [0, 0.1) is 13.8 Å². The molecule has 1 aliphatic heterocycles. The zero-order chi connectivity index (χ0) is 18.7. The third-order valence-corrected chi connectivity index (χ3v) is 4.63. The molecule has 1 aromatic carbocycles. The number of likely N-dealkylation sites (tertiary alicyclic amines) is 1. The van der Waals surface area contributed by atoms with Gasteiger partial charge in [-0.05, 0) is 44.0 Å². The Bertz CT molecular complexity index is 795. The molecule has 0 unspecified atom stereocenters. The predicted molar refractivity (Wildman–Crippen MR) is 97.3 cm³/mol. The lowest BCUT2D eigenvalue weighted by Crippen LogP contribution is -2.37. The first-order valence-electron chi connectivity index (χ1n) is 8.75. The summed E-state index contributed by atoms with van der Waals surface area (Å²) in [5.41, 5.74) is 1.95. The Morgan fingerprint density at radius 2 is 2.04 bits per heavy atom. The van der Waals surface area contributed by atoms with Crippen LogP contribution < -0.4 is 10.1 Å². The number of aryl methyl sites for hydroxylation is 2. The average molecular weight is 356 g/mol. The molecule has 1 atom stereocenters. The van der Waals surface area contributed by atoms with Crippen LogP contribution in [0.5, 0.6) is 5.75 Å². The molecule has 0 bridgehead atoms. The molecule has 1 saturated heterocycles. The van der Waals surface area contributed by atoms with Crippen molar-refractivity contribution in [1.82, 2.24) is 10.2 Å². The number of carbonyl (C=O) groups excluding carboxylic acids is 2. The highest BCUT2D eigenvalue weighted by molar-refractivity contribution is 5.93. The Balaban J connectivity index is 1.53. The fourth-order valence-corrected chi connectivity index (χ4v) is 3.26. The van der Waals surface area contributed by atoms with Crippen molar-refractivity contribution >= 4 is 11.8 Å². The third kappa shape index (κ3) is 4.07. The van der Waals surface area contributed by atoms with Gasteiger partial charge >= 0.3 is 0 Å². The van der Waals surface area contributed by atoms with Crippen molar-refractivity contribution in [1.29, 1.82) is 0 Å². The zero-order valence-corrected chi connectivity index (χ0v) is 15.4. The number of methoxy groups -OCH3 is 1. The molecule has 26 heavy (non-hydrogen) atoms. The van der Waals surface area contributed by atoms with E-state index in [-0.39, 0.29) is 17.9 Å². The maximum Gasteiger partial charge on any atom is 0.287 e. The van der Waals surface area contributed by atoms with Crippen LogP contribution in [0.15, 0.2) is 34.7 Å². The van der Waals surface area contributed by atoms with Crippen molar-refractivity contribution in [2.45, 2.75) is 32.7 Å². The molecule has 138 valence electrons. The number of benzene rings is 1. The van der Waals surface area contributed by atoms with Crippen molar-refractivity contribution in [2.24, 2.45) is 0 Å². The summed E-state index contributed by atoms with van der Waals surface area (Å²) in [4.78, 5) is 26.4. The molecular formula is C20H24N2O4. The molecule has 3 rings (SSSR count). The number of furan rings is 1. The Kier molecular flexibility index (Phi) is 5.30. The van der Waals surface area contributed by atoms with Crippen molar-refractivity contribution in [3.05, 3.63) is 53.0 Å². The molecule has 6 nitrogen and oxygen atoms in total.